The van der Waals surface area contributed by atoms with E-state index in [4.69, 9.17) is 5.73 Å². The summed E-state index contributed by atoms with van der Waals surface area (Å²) >= 11 is 2.29. The number of thiol groups is 1. The van der Waals surface area contributed by atoms with Crippen LogP contribution >= 0.6 is 12.6 Å². The van der Waals surface area contributed by atoms with E-state index in [0.29, 0.717) is 0 Å². The van der Waals surface area contributed by atoms with Crippen LogP contribution in [0.1, 0.15) is 13.3 Å². The molecule has 2 N–H and O–H groups in total. The molecule has 12 heavy (non-hydrogen) atoms. The summed E-state index contributed by atoms with van der Waals surface area (Å²) in [6.07, 6.45) is 2.17. The molecule has 0 heterocycles. The van der Waals surface area contributed by atoms with Crippen molar-refractivity contribution in [3.8, 4) is 0 Å². The second-order valence-electron chi connectivity index (χ2n) is 3.27. The topological polar surface area (TPSA) is 43.1 Å². The molecule has 0 aromatic rings. The molecular weight excluding hydrogens is 277 g/mol. The van der Waals surface area contributed by atoms with Crippen molar-refractivity contribution < 1.29 is 4.79 Å². The first-order valence-corrected chi connectivity index (χ1v) is 13.2. The minimum atomic E-state index is -2.09. The summed E-state index contributed by atoms with van der Waals surface area (Å²) in [5.41, 5.74) is 5.46. The zero-order chi connectivity index (χ0) is 9.45. The van der Waals surface area contributed by atoms with Crippen molar-refractivity contribution in [3.05, 3.63) is 0 Å². The Bertz CT molecular complexity index is 128. The van der Waals surface area contributed by atoms with Crippen molar-refractivity contribution in [3.63, 3.8) is 0 Å². The van der Waals surface area contributed by atoms with Gasteiger partial charge in [0.2, 0.25) is 0 Å². The number of nitrogens with two attached hydrogens (primary N) is 1. The molecule has 0 aliphatic carbocycles. The Kier molecular flexibility index (Phi) is 7.68. The van der Waals surface area contributed by atoms with Gasteiger partial charge in [-0.3, -0.25) is 0 Å². The number of carbonyl (C=O) groups excluding carboxylic acids is 1. The summed E-state index contributed by atoms with van der Waals surface area (Å²) in [6.45, 7) is 2.96. The van der Waals surface area contributed by atoms with Crippen molar-refractivity contribution in [2.75, 3.05) is 10.3 Å². The van der Waals surface area contributed by atoms with Crippen LogP contribution in [0.3, 0.4) is 0 Å². The van der Waals surface area contributed by atoms with E-state index >= 15 is 0 Å². The molecule has 2 nitrogen and oxygen atoms in total. The molecule has 4 heteroatoms. The van der Waals surface area contributed by atoms with Gasteiger partial charge < -0.3 is 0 Å². The van der Waals surface area contributed by atoms with E-state index in [1.54, 1.807) is 0 Å². The van der Waals surface area contributed by atoms with Crippen LogP contribution in [0.15, 0.2) is 0 Å². The van der Waals surface area contributed by atoms with Crippen LogP contribution in [-0.2, 0) is 4.79 Å². The number of aldehydes is 1. The third-order valence-electron chi connectivity index (χ3n) is 2.51. The SMILES string of the molecule is C[CH2][Sn]([CH2]S)([CH2]C=O)[CH2]CCN. The predicted molar refractivity (Wildman–Crippen MR) is 59.4 cm³/mol. The normalized spacial score (nSPS) is 15.6. The Hall–Kier alpha value is 0.779. The Morgan fingerprint density at radius 2 is 2.25 bits per heavy atom. The summed E-state index contributed by atoms with van der Waals surface area (Å²) in [6, 6.07) is 0. The van der Waals surface area contributed by atoms with Crippen LogP contribution < -0.4 is 5.73 Å². The average Bonchev–Trinajstić information content (AvgIpc) is 2.13. The molecule has 0 fully saturated rings. The number of hydrogen-bond donors (Lipinski definition) is 2. The van der Waals surface area contributed by atoms with E-state index in [1.165, 1.54) is 8.87 Å². The van der Waals surface area contributed by atoms with Gasteiger partial charge in [-0.15, -0.1) is 0 Å². The molecule has 0 saturated heterocycles. The van der Waals surface area contributed by atoms with Crippen LogP contribution in [-0.4, -0.2) is 35.0 Å². The molecule has 0 bridgehead atoms. The van der Waals surface area contributed by atoms with Crippen molar-refractivity contribution in [2.45, 2.75) is 26.7 Å². The molecule has 1 unspecified atom stereocenters. The monoisotopic (exact) mass is 297 g/mol. The van der Waals surface area contributed by atoms with Crippen LogP contribution in [0.25, 0.3) is 0 Å². The Morgan fingerprint density at radius 3 is 2.58 bits per heavy atom. The molecule has 0 amide bonds. The van der Waals surface area contributed by atoms with Crippen molar-refractivity contribution in [2.24, 2.45) is 5.73 Å². The fourth-order valence-corrected chi connectivity index (χ4v) is 12.4. The third-order valence-corrected chi connectivity index (χ3v) is 20.2. The molecule has 1 atom stereocenters. The molecule has 0 aliphatic rings. The van der Waals surface area contributed by atoms with Gasteiger partial charge in [-0.1, -0.05) is 0 Å². The van der Waals surface area contributed by atoms with Crippen LogP contribution in [0, 0.1) is 0 Å². The standard InChI is InChI=1S/C3H8N.C2H3O.C2H5.CH3S.Sn/c1-2-3-4;1-2-3;2*1-2;/h1-4H2;2H,1H2;1H2,2H3;2H,1H2;. The summed E-state index contributed by atoms with van der Waals surface area (Å²) in [7, 11) is 0. The number of hydrogen-bond acceptors (Lipinski definition) is 3. The molecular formula is C8H19NOSSn. The maximum absolute atomic E-state index is 10.5. The average molecular weight is 296 g/mol. The van der Waals surface area contributed by atoms with E-state index in [1.807, 2.05) is 0 Å². The first kappa shape index (κ1) is 12.8. The molecule has 0 saturated carbocycles. The maximum atomic E-state index is 10.5. The van der Waals surface area contributed by atoms with E-state index in [0.717, 1.165) is 27.5 Å². The molecule has 0 aliphatic heterocycles. The fraction of sp³-hybridized carbons (Fsp3) is 0.875. The molecule has 0 spiro atoms. The van der Waals surface area contributed by atoms with Crippen molar-refractivity contribution >= 4 is 37.3 Å². The number of rotatable bonds is 7. The molecule has 0 rings (SSSR count). The molecule has 0 aromatic heterocycles. The first-order valence-electron chi connectivity index (χ1n) is 4.49. The second-order valence-corrected chi connectivity index (χ2v) is 19.5. The van der Waals surface area contributed by atoms with Crippen molar-refractivity contribution in [1.29, 1.82) is 0 Å². The van der Waals surface area contributed by atoms with Crippen LogP contribution in [0.4, 0.5) is 0 Å². The van der Waals surface area contributed by atoms with Gasteiger partial charge in [-0.25, -0.2) is 0 Å². The van der Waals surface area contributed by atoms with Gasteiger partial charge >= 0.3 is 84.8 Å². The van der Waals surface area contributed by atoms with E-state index in [-0.39, 0.29) is 0 Å². The van der Waals surface area contributed by atoms with Gasteiger partial charge in [-0.05, 0) is 0 Å². The van der Waals surface area contributed by atoms with Gasteiger partial charge in [0.15, 0.2) is 0 Å². The van der Waals surface area contributed by atoms with Gasteiger partial charge in [0.05, 0.1) is 0 Å². The fourth-order valence-electron chi connectivity index (χ4n) is 1.33. The molecule has 0 aromatic carbocycles. The summed E-state index contributed by atoms with van der Waals surface area (Å²) in [5, 5.41) is 0. The first-order chi connectivity index (χ1) is 5.74. The van der Waals surface area contributed by atoms with E-state index in [9.17, 15) is 4.79 Å². The zero-order valence-corrected chi connectivity index (χ0v) is 11.5. The summed E-state index contributed by atoms with van der Waals surface area (Å²) in [5.74, 6) is 0. The summed E-state index contributed by atoms with van der Waals surface area (Å²) < 4.78 is 4.26. The van der Waals surface area contributed by atoms with Crippen molar-refractivity contribution in [1.82, 2.24) is 0 Å². The number of carbonyl (C=O) groups is 1. The Balaban J connectivity index is 4.03. The zero-order valence-electron chi connectivity index (χ0n) is 7.75. The van der Waals surface area contributed by atoms with Gasteiger partial charge in [0, 0.05) is 0 Å². The summed E-state index contributed by atoms with van der Waals surface area (Å²) in [4.78, 5) is 10.5. The minimum absolute atomic E-state index is 0.755. The molecule has 0 radical (unpaired) electrons. The van der Waals surface area contributed by atoms with Gasteiger partial charge in [-0.2, -0.15) is 0 Å². The van der Waals surface area contributed by atoms with E-state index < -0.39 is 18.4 Å². The van der Waals surface area contributed by atoms with Gasteiger partial charge in [0.1, 0.15) is 0 Å². The van der Waals surface area contributed by atoms with Gasteiger partial charge in [0.25, 0.3) is 0 Å². The van der Waals surface area contributed by atoms with Crippen LogP contribution in [0.2, 0.25) is 13.3 Å². The Morgan fingerprint density at radius 1 is 1.58 bits per heavy atom. The van der Waals surface area contributed by atoms with E-state index in [2.05, 4.69) is 19.6 Å². The Labute approximate surface area is 84.6 Å². The van der Waals surface area contributed by atoms with Crippen LogP contribution in [0.5, 0.6) is 0 Å². The molecule has 72 valence electrons. The predicted octanol–water partition coefficient (Wildman–Crippen LogP) is 1.47. The second kappa shape index (κ2) is 7.21. The quantitative estimate of drug-likeness (QED) is 0.424. The third kappa shape index (κ3) is 4.14.